The van der Waals surface area contributed by atoms with E-state index in [-0.39, 0.29) is 25.2 Å². The van der Waals surface area contributed by atoms with Crippen molar-refractivity contribution in [1.29, 1.82) is 0 Å². The van der Waals surface area contributed by atoms with Gasteiger partial charge in [0.2, 0.25) is 11.7 Å². The maximum atomic E-state index is 14.2. The van der Waals surface area contributed by atoms with Gasteiger partial charge < -0.3 is 131 Å². The molecule has 3 fully saturated rings. The summed E-state index contributed by atoms with van der Waals surface area (Å²) >= 11 is 0. The second-order valence-corrected chi connectivity index (χ2v) is 23.3. The molecule has 3 saturated heterocycles. The summed E-state index contributed by atoms with van der Waals surface area (Å²) in [5, 5.41) is 210. The number of esters is 1. The number of aliphatic hydroxyl groups is 19. The number of ether oxygens (including phenoxy) is 5. The van der Waals surface area contributed by atoms with Crippen LogP contribution in [-0.2, 0) is 33.3 Å². The minimum absolute atomic E-state index is 0.192. The van der Waals surface area contributed by atoms with Crippen molar-refractivity contribution >= 4 is 11.9 Å². The van der Waals surface area contributed by atoms with Gasteiger partial charge in [0, 0.05) is 44.1 Å². The van der Waals surface area contributed by atoms with Crippen molar-refractivity contribution in [1.82, 2.24) is 10.6 Å². The molecule has 28 heteroatoms. The Hall–Kier alpha value is -3.84. The standard InChI is InChI=1S/C59H96N2O26/c1-31-17-15-13-11-9-7-5-6-8-10-12-14-16-18-38(86-57-54(78)48(50(74)34(4)85-57)61-30-59(82)55(79)53(77)44(71)29-83-59)24-45-47(56(80)60-27-42(69)51(75)52(76)43(70)28-62)41(68)26-58(81,87-45)25-37(65)22-40(67)39(66)20-19-35(63)21-36(64)23-46(72)84-33(3)32(2)49(31)73/h5-18,31-45,47-55,57,61-71,73-79,81-82H,19-30H2,1-4H3,(H,60,80)/b6-5+,9-7+,10-8+,13-11+,14-12+,17-15+,18-16+/t31-,32?,33-,34+,35+,36+,37-,38-,39+,40+,41-,42?,43?,44+,45?,47?,48-,49+,50+,51?,52?,53-,54-,55-,57-,58+,59+/m0/s1. The van der Waals surface area contributed by atoms with E-state index >= 15 is 0 Å². The van der Waals surface area contributed by atoms with E-state index in [4.69, 9.17) is 23.7 Å². The highest BCUT2D eigenvalue weighted by molar-refractivity contribution is 5.80. The molecule has 0 aliphatic carbocycles. The largest absolute Gasteiger partial charge is 0.462 e. The number of carbonyl (C=O) groups excluding carboxylic acids is 2. The van der Waals surface area contributed by atoms with E-state index < -0.39 is 228 Å². The molecule has 0 spiro atoms. The van der Waals surface area contributed by atoms with Crippen LogP contribution in [0.4, 0.5) is 0 Å². The molecular weight excluding hydrogens is 1150 g/mol. The number of hydrogen-bond donors (Lipinski definition) is 21. The predicted octanol–water partition coefficient (Wildman–Crippen LogP) is -5.39. The van der Waals surface area contributed by atoms with Crippen LogP contribution >= 0.6 is 0 Å². The molecule has 0 aromatic heterocycles. The average Bonchev–Trinajstić information content (AvgIpc) is 1.34. The SMILES string of the molecule is CC1[C@H](C)OC(=O)C[C@H](O)C[C@H](O)CC[C@@H](O)[C@H](O)C[C@H](O)C[C@]2(O)C[C@H](O)C(C(=O)NCC(O)C(O)C(O)C(O)CO)C(C[C@@H](O[C@@H]3O[C@H](C)[C@@H](O)[C@H](NC[C@@]4(O)OC[C@@H](O)[C@H](O)[C@@H]4O)[C@@H]3O)/C=C/C=C/C=C/C=C/C=C/C=C/C=C/[C@H](C)[C@H]1O)O2. The molecule has 4 rings (SSSR count). The molecule has 7 unspecified atom stereocenters. The van der Waals surface area contributed by atoms with Gasteiger partial charge >= 0.3 is 5.97 Å². The zero-order valence-corrected chi connectivity index (χ0v) is 49.4. The maximum Gasteiger partial charge on any atom is 0.308 e. The van der Waals surface area contributed by atoms with Crippen molar-refractivity contribution in [2.75, 3.05) is 26.3 Å². The smallest absolute Gasteiger partial charge is 0.308 e. The van der Waals surface area contributed by atoms with Gasteiger partial charge in [0.25, 0.3) is 0 Å². The lowest BCUT2D eigenvalue weighted by molar-refractivity contribution is -0.323. The number of fused-ring (bicyclic) bond motifs is 2. The number of carbonyl (C=O) groups is 2. The Kier molecular flexibility index (Phi) is 31.5. The monoisotopic (exact) mass is 1250 g/mol. The quantitative estimate of drug-likeness (QED) is 0.0811. The molecule has 27 atom stereocenters. The minimum atomic E-state index is -2.54. The molecule has 4 aliphatic heterocycles. The van der Waals surface area contributed by atoms with E-state index in [9.17, 15) is 107 Å². The molecule has 2 bridgehead atoms. The number of rotatable bonds is 12. The van der Waals surface area contributed by atoms with Gasteiger partial charge in [0.05, 0.1) is 111 Å². The number of cyclic esters (lactones) is 1. The van der Waals surface area contributed by atoms with E-state index in [0.717, 1.165) is 0 Å². The Bertz CT molecular complexity index is 2270. The highest BCUT2D eigenvalue weighted by atomic mass is 16.7. The van der Waals surface area contributed by atoms with Gasteiger partial charge in [0.15, 0.2) is 12.1 Å². The third kappa shape index (κ3) is 23.4. The zero-order valence-electron chi connectivity index (χ0n) is 49.4. The lowest BCUT2D eigenvalue weighted by atomic mass is 9.82. The third-order valence-corrected chi connectivity index (χ3v) is 16.1. The van der Waals surface area contributed by atoms with E-state index in [1.165, 1.54) is 19.1 Å². The van der Waals surface area contributed by atoms with E-state index in [0.29, 0.717) is 0 Å². The first-order chi connectivity index (χ1) is 40.9. The Morgan fingerprint density at radius 1 is 0.644 bits per heavy atom. The highest BCUT2D eigenvalue weighted by Crippen LogP contribution is 2.39. The van der Waals surface area contributed by atoms with Gasteiger partial charge in [0.1, 0.15) is 48.8 Å². The Morgan fingerprint density at radius 2 is 1.23 bits per heavy atom. The molecule has 21 N–H and O–H groups in total. The molecule has 4 aliphatic rings. The summed E-state index contributed by atoms with van der Waals surface area (Å²) in [6.07, 6.45) is -14.6. The second-order valence-electron chi connectivity index (χ2n) is 23.3. The van der Waals surface area contributed by atoms with Crippen molar-refractivity contribution in [3.8, 4) is 0 Å². The third-order valence-electron chi connectivity index (χ3n) is 16.1. The van der Waals surface area contributed by atoms with Crippen LogP contribution in [0.1, 0.15) is 79.1 Å². The van der Waals surface area contributed by atoms with Crippen molar-refractivity contribution in [2.45, 2.75) is 225 Å². The first-order valence-corrected chi connectivity index (χ1v) is 29.4. The summed E-state index contributed by atoms with van der Waals surface area (Å²) in [5.74, 6) is -9.49. The van der Waals surface area contributed by atoms with Gasteiger partial charge in [-0.25, -0.2) is 0 Å². The number of amides is 1. The Morgan fingerprint density at radius 3 is 1.84 bits per heavy atom. The van der Waals surface area contributed by atoms with Gasteiger partial charge in [-0.3, -0.25) is 9.59 Å². The summed E-state index contributed by atoms with van der Waals surface area (Å²) in [7, 11) is 0. The molecule has 498 valence electrons. The van der Waals surface area contributed by atoms with E-state index in [1.54, 1.807) is 93.7 Å². The second kappa shape index (κ2) is 36.3. The van der Waals surface area contributed by atoms with Crippen LogP contribution in [-0.4, -0.2) is 281 Å². The van der Waals surface area contributed by atoms with Crippen molar-refractivity contribution in [3.63, 3.8) is 0 Å². The van der Waals surface area contributed by atoms with Crippen molar-refractivity contribution in [2.24, 2.45) is 17.8 Å². The molecular formula is C59H96N2O26. The number of aliphatic hydroxyl groups excluding tert-OH is 17. The lowest BCUT2D eigenvalue weighted by Crippen LogP contribution is -2.69. The van der Waals surface area contributed by atoms with Crippen LogP contribution in [0.3, 0.4) is 0 Å². The first-order valence-electron chi connectivity index (χ1n) is 29.4. The van der Waals surface area contributed by atoms with Crippen LogP contribution in [0, 0.1) is 17.8 Å². The van der Waals surface area contributed by atoms with Crippen LogP contribution in [0.5, 0.6) is 0 Å². The van der Waals surface area contributed by atoms with Gasteiger partial charge in [-0.1, -0.05) is 98.9 Å². The van der Waals surface area contributed by atoms with Crippen LogP contribution in [0.25, 0.3) is 0 Å². The summed E-state index contributed by atoms with van der Waals surface area (Å²) in [5.41, 5.74) is 0. The Labute approximate surface area is 505 Å². The molecule has 0 radical (unpaired) electrons. The van der Waals surface area contributed by atoms with Gasteiger partial charge in [-0.15, -0.1) is 0 Å². The number of allylic oxidation sites excluding steroid dienone is 12. The maximum absolute atomic E-state index is 14.2. The van der Waals surface area contributed by atoms with Gasteiger partial charge in [-0.05, 0) is 33.1 Å². The Balaban J connectivity index is 1.70. The molecule has 4 heterocycles. The highest BCUT2D eigenvalue weighted by Gasteiger charge is 2.53. The average molecular weight is 1250 g/mol. The van der Waals surface area contributed by atoms with E-state index in [1.807, 2.05) is 0 Å². The summed E-state index contributed by atoms with van der Waals surface area (Å²) in [4.78, 5) is 26.9. The van der Waals surface area contributed by atoms with Crippen LogP contribution in [0.2, 0.25) is 0 Å². The predicted molar refractivity (Wildman–Crippen MR) is 306 cm³/mol. The fourth-order valence-corrected chi connectivity index (χ4v) is 10.5. The summed E-state index contributed by atoms with van der Waals surface area (Å²) in [6, 6.07) is -1.44. The van der Waals surface area contributed by atoms with E-state index in [2.05, 4.69) is 10.6 Å². The fraction of sp³-hybridized carbons (Fsp3) is 0.729. The molecule has 0 aromatic rings. The normalized spacial score (nSPS) is 43.9. The molecule has 1 amide bonds. The number of hydrogen-bond acceptors (Lipinski definition) is 27. The molecule has 0 saturated carbocycles. The fourth-order valence-electron chi connectivity index (χ4n) is 10.5. The first kappa shape index (κ1) is 75.6. The van der Waals surface area contributed by atoms with Gasteiger partial charge in [-0.2, -0.15) is 0 Å². The molecule has 0 aromatic carbocycles. The van der Waals surface area contributed by atoms with Crippen LogP contribution < -0.4 is 10.6 Å². The molecule has 87 heavy (non-hydrogen) atoms. The minimum Gasteiger partial charge on any atom is -0.462 e. The summed E-state index contributed by atoms with van der Waals surface area (Å²) in [6.45, 7) is 3.39. The summed E-state index contributed by atoms with van der Waals surface area (Å²) < 4.78 is 29.1. The topological polar surface area (TPSA) is 489 Å². The van der Waals surface area contributed by atoms with Crippen molar-refractivity contribution < 1.29 is 130 Å². The lowest BCUT2D eigenvalue weighted by Gasteiger charge is -2.47. The number of nitrogens with one attached hydrogen (secondary N) is 2. The van der Waals surface area contributed by atoms with Crippen molar-refractivity contribution in [3.05, 3.63) is 85.1 Å². The van der Waals surface area contributed by atoms with Crippen LogP contribution in [0.15, 0.2) is 85.1 Å². The zero-order chi connectivity index (χ0) is 64.9. The molecule has 28 nitrogen and oxygen atoms in total.